The number of sulfone groups is 1. The summed E-state index contributed by atoms with van der Waals surface area (Å²) >= 11 is 0. The van der Waals surface area contributed by atoms with Gasteiger partial charge in [0.25, 0.3) is 5.60 Å². The molecule has 6 nitrogen and oxygen atoms in total. The molecule has 1 aromatic heterocycles. The Bertz CT molecular complexity index is 1900. The molecule has 266 valence electrons. The van der Waals surface area contributed by atoms with Crippen LogP contribution in [0.2, 0.25) is 0 Å². The standard InChI is InChI=1S/C34H27F9N2O4S/c35-25-8-10-26(11-9-25)50(47,48)31(15-12-22(18-31)30(46)45-19-21-13-16-44-17-14-21)23-4-6-24(7-5-23)32(33(38,39)40,34(41,42)43)49-20-27-28(36)2-1-3-29(27)37/h1-11,13-14,16-17,22H,12,15,18-20H2,(H,45,46)/t22-,31-/m0/s1. The van der Waals surface area contributed by atoms with Crippen molar-refractivity contribution < 1.29 is 57.5 Å². The van der Waals surface area contributed by atoms with Crippen LogP contribution in [0.25, 0.3) is 0 Å². The minimum absolute atomic E-state index is 0.0310. The van der Waals surface area contributed by atoms with Crippen LogP contribution < -0.4 is 5.32 Å². The molecule has 0 unspecified atom stereocenters. The molecule has 3 aromatic carbocycles. The fraction of sp³-hybridized carbons (Fsp3) is 0.294. The number of ether oxygens (including phenoxy) is 1. The summed E-state index contributed by atoms with van der Waals surface area (Å²) in [7, 11) is -4.58. The lowest BCUT2D eigenvalue weighted by Gasteiger charge is -2.38. The predicted molar refractivity (Wildman–Crippen MR) is 160 cm³/mol. The number of hydrogen-bond donors (Lipinski definition) is 1. The molecule has 1 aliphatic rings. The van der Waals surface area contributed by atoms with Gasteiger partial charge in [-0.3, -0.25) is 9.78 Å². The second-order valence-electron chi connectivity index (χ2n) is 11.7. The maximum absolute atomic E-state index is 14.5. The Morgan fingerprint density at radius 2 is 1.42 bits per heavy atom. The molecule has 1 saturated carbocycles. The van der Waals surface area contributed by atoms with Crippen LogP contribution in [0.15, 0.2) is 96.2 Å². The summed E-state index contributed by atoms with van der Waals surface area (Å²) < 4.78 is 160. The summed E-state index contributed by atoms with van der Waals surface area (Å²) in [4.78, 5) is 16.7. The number of carbonyl (C=O) groups excluding carboxylic acids is 1. The van der Waals surface area contributed by atoms with Crippen LogP contribution in [-0.2, 0) is 42.9 Å². The van der Waals surface area contributed by atoms with Gasteiger partial charge in [-0.25, -0.2) is 21.6 Å². The van der Waals surface area contributed by atoms with Gasteiger partial charge in [0.05, 0.1) is 11.5 Å². The Morgan fingerprint density at radius 3 is 1.98 bits per heavy atom. The molecular weight excluding hydrogens is 703 g/mol. The highest BCUT2D eigenvalue weighted by Gasteiger charge is 2.73. The van der Waals surface area contributed by atoms with Crippen molar-refractivity contribution in [1.82, 2.24) is 10.3 Å². The zero-order valence-electron chi connectivity index (χ0n) is 25.7. The minimum Gasteiger partial charge on any atom is -0.352 e. The molecule has 0 saturated heterocycles. The summed E-state index contributed by atoms with van der Waals surface area (Å²) in [6, 6.07) is 11.3. The van der Waals surface area contributed by atoms with Gasteiger partial charge in [0.15, 0.2) is 9.84 Å². The van der Waals surface area contributed by atoms with Crippen molar-refractivity contribution in [2.75, 3.05) is 0 Å². The van der Waals surface area contributed by atoms with Gasteiger partial charge < -0.3 is 10.1 Å². The van der Waals surface area contributed by atoms with Crippen LogP contribution >= 0.6 is 0 Å². The summed E-state index contributed by atoms with van der Waals surface area (Å²) in [6.45, 7) is -1.70. The van der Waals surface area contributed by atoms with Crippen molar-refractivity contribution in [2.24, 2.45) is 5.92 Å². The highest BCUT2D eigenvalue weighted by molar-refractivity contribution is 7.92. The maximum Gasteiger partial charge on any atom is 0.430 e. The van der Waals surface area contributed by atoms with E-state index in [2.05, 4.69) is 15.0 Å². The molecule has 0 spiro atoms. The predicted octanol–water partition coefficient (Wildman–Crippen LogP) is 7.82. The average Bonchev–Trinajstić information content (AvgIpc) is 3.52. The van der Waals surface area contributed by atoms with E-state index in [0.717, 1.165) is 42.5 Å². The van der Waals surface area contributed by atoms with Gasteiger partial charge >= 0.3 is 12.4 Å². The van der Waals surface area contributed by atoms with E-state index in [1.165, 1.54) is 12.4 Å². The fourth-order valence-electron chi connectivity index (χ4n) is 6.16. The smallest absolute Gasteiger partial charge is 0.352 e. The SMILES string of the molecule is O=C(NCc1ccncc1)[C@H]1CC[C@](c2ccc(C(OCc3c(F)cccc3F)(C(F)(F)F)C(F)(F)F)cc2)(S(=O)(=O)c2ccc(F)cc2)C1. The molecule has 0 bridgehead atoms. The van der Waals surface area contributed by atoms with Gasteiger partial charge in [0, 0.05) is 36.0 Å². The number of hydrogen-bond acceptors (Lipinski definition) is 5. The second-order valence-corrected chi connectivity index (χ2v) is 14.0. The fourth-order valence-corrected chi connectivity index (χ4v) is 8.36. The van der Waals surface area contributed by atoms with E-state index in [4.69, 9.17) is 0 Å². The number of pyridine rings is 1. The van der Waals surface area contributed by atoms with Gasteiger partial charge in [-0.15, -0.1) is 0 Å². The number of benzene rings is 3. The lowest BCUT2D eigenvalue weighted by atomic mass is 9.88. The third-order valence-corrected chi connectivity index (χ3v) is 11.3. The number of aromatic nitrogens is 1. The van der Waals surface area contributed by atoms with Gasteiger partial charge in [-0.1, -0.05) is 30.3 Å². The van der Waals surface area contributed by atoms with Crippen LogP contribution in [0.3, 0.4) is 0 Å². The molecule has 50 heavy (non-hydrogen) atoms. The van der Waals surface area contributed by atoms with E-state index in [0.29, 0.717) is 29.8 Å². The Balaban J connectivity index is 1.56. The molecule has 0 aliphatic heterocycles. The van der Waals surface area contributed by atoms with Gasteiger partial charge in [-0.2, -0.15) is 26.3 Å². The number of carbonyl (C=O) groups is 1. The highest BCUT2D eigenvalue weighted by Crippen LogP contribution is 2.55. The number of nitrogens with one attached hydrogen (secondary N) is 1. The molecule has 0 radical (unpaired) electrons. The largest absolute Gasteiger partial charge is 0.430 e. The molecule has 1 fully saturated rings. The summed E-state index contributed by atoms with van der Waals surface area (Å²) in [6.07, 6.45) is -10.2. The van der Waals surface area contributed by atoms with E-state index in [9.17, 15) is 52.7 Å². The number of alkyl halides is 6. The zero-order chi connectivity index (χ0) is 36.5. The second kappa shape index (κ2) is 13.7. The van der Waals surface area contributed by atoms with E-state index >= 15 is 0 Å². The number of amides is 1. The van der Waals surface area contributed by atoms with E-state index in [1.807, 2.05) is 0 Å². The van der Waals surface area contributed by atoms with E-state index < -0.39 is 90.9 Å². The van der Waals surface area contributed by atoms with Gasteiger partial charge in [0.1, 0.15) is 22.2 Å². The summed E-state index contributed by atoms with van der Waals surface area (Å²) in [5.74, 6) is -5.14. The zero-order valence-corrected chi connectivity index (χ0v) is 26.5. The minimum atomic E-state index is -6.22. The van der Waals surface area contributed by atoms with E-state index in [-0.39, 0.29) is 24.9 Å². The van der Waals surface area contributed by atoms with Crippen LogP contribution in [-0.4, -0.2) is 31.7 Å². The molecule has 4 aromatic rings. The molecular formula is C34H27F9N2O4S. The number of halogens is 9. The highest BCUT2D eigenvalue weighted by atomic mass is 32.2. The monoisotopic (exact) mass is 730 g/mol. The lowest BCUT2D eigenvalue weighted by molar-refractivity contribution is -0.392. The third-order valence-electron chi connectivity index (χ3n) is 8.81. The number of nitrogens with zero attached hydrogens (tertiary/aromatic N) is 1. The molecule has 1 aliphatic carbocycles. The van der Waals surface area contributed by atoms with Crippen molar-refractivity contribution in [3.63, 3.8) is 0 Å². The Morgan fingerprint density at radius 1 is 0.840 bits per heavy atom. The first-order valence-electron chi connectivity index (χ1n) is 14.9. The molecule has 1 heterocycles. The Labute approximate surface area is 280 Å². The normalized spacial score (nSPS) is 18.6. The van der Waals surface area contributed by atoms with Crippen molar-refractivity contribution in [3.05, 3.63) is 131 Å². The average molecular weight is 731 g/mol. The Hall–Kier alpha value is -4.44. The maximum atomic E-state index is 14.5. The van der Waals surface area contributed by atoms with Crippen molar-refractivity contribution in [1.29, 1.82) is 0 Å². The Kier molecular flexibility index (Phi) is 10.1. The first-order valence-corrected chi connectivity index (χ1v) is 16.4. The van der Waals surface area contributed by atoms with Crippen LogP contribution in [0, 0.1) is 23.4 Å². The topological polar surface area (TPSA) is 85.4 Å². The first kappa shape index (κ1) is 36.8. The molecule has 1 N–H and O–H groups in total. The van der Waals surface area contributed by atoms with Crippen LogP contribution in [0.5, 0.6) is 0 Å². The molecule has 1 amide bonds. The lowest BCUT2D eigenvalue weighted by Crippen LogP contribution is -2.56. The molecule has 2 atom stereocenters. The summed E-state index contributed by atoms with van der Waals surface area (Å²) in [5.41, 5.74) is -7.37. The first-order chi connectivity index (χ1) is 23.4. The molecule has 16 heteroatoms. The van der Waals surface area contributed by atoms with E-state index in [1.54, 1.807) is 12.1 Å². The van der Waals surface area contributed by atoms with Crippen molar-refractivity contribution in [3.8, 4) is 0 Å². The quantitative estimate of drug-likeness (QED) is 0.133. The van der Waals surface area contributed by atoms with Gasteiger partial charge in [0.2, 0.25) is 5.91 Å². The summed E-state index contributed by atoms with van der Waals surface area (Å²) in [5, 5.41) is 2.70. The van der Waals surface area contributed by atoms with Gasteiger partial charge in [-0.05, 0) is 78.9 Å². The van der Waals surface area contributed by atoms with Crippen LogP contribution in [0.1, 0.15) is 41.5 Å². The number of rotatable bonds is 10. The molecule has 5 rings (SSSR count). The third kappa shape index (κ3) is 6.70. The van der Waals surface area contributed by atoms with Crippen molar-refractivity contribution in [2.45, 2.75) is 60.0 Å². The van der Waals surface area contributed by atoms with Crippen LogP contribution in [0.4, 0.5) is 39.5 Å². The van der Waals surface area contributed by atoms with Crippen molar-refractivity contribution >= 4 is 15.7 Å².